The van der Waals surface area contributed by atoms with Crippen molar-refractivity contribution in [1.29, 1.82) is 0 Å². The number of hydrogen-bond donors (Lipinski definition) is 1. The summed E-state index contributed by atoms with van der Waals surface area (Å²) in [6.45, 7) is 5.90. The Kier molecular flexibility index (Phi) is 3.90. The van der Waals surface area contributed by atoms with Crippen LogP contribution >= 0.6 is 11.6 Å². The zero-order chi connectivity index (χ0) is 15.7. The Bertz CT molecular complexity index is 776. The molecule has 0 aromatic carbocycles. The number of hydrogen-bond acceptors (Lipinski definition) is 4. The van der Waals surface area contributed by atoms with Gasteiger partial charge in [-0.1, -0.05) is 11.6 Å². The monoisotopic (exact) mass is 316 g/mol. The third-order valence-electron chi connectivity index (χ3n) is 3.33. The average molecular weight is 317 g/mol. The highest BCUT2D eigenvalue weighted by Crippen LogP contribution is 2.24. The number of aryl methyl sites for hydroxylation is 3. The van der Waals surface area contributed by atoms with Gasteiger partial charge in [-0.2, -0.15) is 5.10 Å². The molecule has 0 aliphatic rings. The largest absolute Gasteiger partial charge is 0.462 e. The molecule has 0 saturated heterocycles. The lowest BCUT2D eigenvalue weighted by Gasteiger charge is -2.19. The van der Waals surface area contributed by atoms with Gasteiger partial charge < -0.3 is 9.73 Å². The zero-order valence-corrected chi connectivity index (χ0v) is 13.4. The number of pyridine rings is 1. The van der Waals surface area contributed by atoms with Crippen molar-refractivity contribution in [2.45, 2.75) is 26.9 Å². The third-order valence-corrected chi connectivity index (χ3v) is 3.56. The first kappa shape index (κ1) is 14.7. The lowest BCUT2D eigenvalue weighted by atomic mass is 10.3. The number of nitrogens with one attached hydrogen (secondary N) is 1. The minimum atomic E-state index is -0.268. The molecule has 0 amide bonds. The van der Waals surface area contributed by atoms with Crippen molar-refractivity contribution in [3.8, 4) is 0 Å². The van der Waals surface area contributed by atoms with E-state index in [0.717, 1.165) is 22.9 Å². The van der Waals surface area contributed by atoms with Crippen LogP contribution in [0.4, 0.5) is 5.82 Å². The molecule has 0 bridgehead atoms. The van der Waals surface area contributed by atoms with E-state index in [4.69, 9.17) is 16.0 Å². The molecule has 22 heavy (non-hydrogen) atoms. The molecule has 1 N–H and O–H groups in total. The van der Waals surface area contributed by atoms with Gasteiger partial charge in [-0.15, -0.1) is 0 Å². The van der Waals surface area contributed by atoms with Crippen LogP contribution in [0, 0.1) is 20.8 Å². The van der Waals surface area contributed by atoms with Gasteiger partial charge in [0.25, 0.3) is 0 Å². The Morgan fingerprint density at radius 1 is 1.18 bits per heavy atom. The van der Waals surface area contributed by atoms with Gasteiger partial charge in [-0.05, 0) is 51.1 Å². The second-order valence-corrected chi connectivity index (χ2v) is 5.67. The van der Waals surface area contributed by atoms with Gasteiger partial charge in [0.05, 0.1) is 10.7 Å². The van der Waals surface area contributed by atoms with Crippen molar-refractivity contribution < 1.29 is 4.42 Å². The van der Waals surface area contributed by atoms with Gasteiger partial charge in [0.15, 0.2) is 6.17 Å². The molecule has 5 nitrogen and oxygen atoms in total. The Morgan fingerprint density at radius 3 is 2.55 bits per heavy atom. The van der Waals surface area contributed by atoms with E-state index in [2.05, 4.69) is 15.4 Å². The fourth-order valence-corrected chi connectivity index (χ4v) is 2.47. The molecule has 0 aliphatic heterocycles. The van der Waals surface area contributed by atoms with Crippen LogP contribution in [0.2, 0.25) is 5.02 Å². The summed E-state index contributed by atoms with van der Waals surface area (Å²) in [5.74, 6) is 2.34. The second kappa shape index (κ2) is 5.85. The predicted molar refractivity (Wildman–Crippen MR) is 86.2 cm³/mol. The summed E-state index contributed by atoms with van der Waals surface area (Å²) in [5.41, 5.74) is 2.00. The van der Waals surface area contributed by atoms with Crippen molar-refractivity contribution in [3.05, 3.63) is 64.5 Å². The molecule has 3 rings (SSSR count). The first-order valence-electron chi connectivity index (χ1n) is 7.00. The van der Waals surface area contributed by atoms with E-state index in [1.54, 1.807) is 12.3 Å². The van der Waals surface area contributed by atoms with Gasteiger partial charge in [-0.25, -0.2) is 9.67 Å². The molecule has 1 atom stereocenters. The number of nitrogens with zero attached hydrogens (tertiary/aromatic N) is 3. The molecule has 6 heteroatoms. The van der Waals surface area contributed by atoms with E-state index in [1.807, 2.05) is 49.7 Å². The molecule has 114 valence electrons. The van der Waals surface area contributed by atoms with Crippen molar-refractivity contribution in [2.75, 3.05) is 5.32 Å². The van der Waals surface area contributed by atoms with Crippen LogP contribution in [-0.4, -0.2) is 14.8 Å². The highest BCUT2D eigenvalue weighted by Gasteiger charge is 2.20. The summed E-state index contributed by atoms with van der Waals surface area (Å²) in [7, 11) is 0. The van der Waals surface area contributed by atoms with Gasteiger partial charge in [0.2, 0.25) is 0 Å². The van der Waals surface area contributed by atoms with Crippen LogP contribution in [0.15, 0.2) is 40.9 Å². The lowest BCUT2D eigenvalue weighted by Crippen LogP contribution is -2.22. The number of halogens is 1. The van der Waals surface area contributed by atoms with E-state index in [-0.39, 0.29) is 6.17 Å². The van der Waals surface area contributed by atoms with Crippen LogP contribution in [0.1, 0.15) is 29.1 Å². The number of furan rings is 1. The standard InChI is InChI=1S/C16H17ClN4O/c1-10-8-11(2)21(20-10)16(14-6-4-12(3)22-14)19-15-7-5-13(17)9-18-15/h4-9,16H,1-3H3,(H,18,19)/t16-/m0/s1. The first-order chi connectivity index (χ1) is 10.5. The van der Waals surface area contributed by atoms with E-state index < -0.39 is 0 Å². The quantitative estimate of drug-likeness (QED) is 0.787. The summed E-state index contributed by atoms with van der Waals surface area (Å²) in [4.78, 5) is 4.29. The topological polar surface area (TPSA) is 55.9 Å². The number of anilines is 1. The summed E-state index contributed by atoms with van der Waals surface area (Å²) >= 11 is 5.89. The number of aromatic nitrogens is 3. The van der Waals surface area contributed by atoms with Crippen molar-refractivity contribution >= 4 is 17.4 Å². The molecular weight excluding hydrogens is 300 g/mol. The van der Waals surface area contributed by atoms with Crippen LogP contribution < -0.4 is 5.32 Å². The maximum Gasteiger partial charge on any atom is 0.180 e. The predicted octanol–water partition coefficient (Wildman–Crippen LogP) is 4.11. The Labute approximate surface area is 133 Å². The summed E-state index contributed by atoms with van der Waals surface area (Å²) in [6.07, 6.45) is 1.34. The minimum Gasteiger partial charge on any atom is -0.462 e. The Morgan fingerprint density at radius 2 is 2.00 bits per heavy atom. The van der Waals surface area contributed by atoms with E-state index in [1.165, 1.54) is 0 Å². The fourth-order valence-electron chi connectivity index (χ4n) is 2.36. The first-order valence-corrected chi connectivity index (χ1v) is 7.38. The normalized spacial score (nSPS) is 12.4. The van der Waals surface area contributed by atoms with Crippen LogP contribution in [0.3, 0.4) is 0 Å². The molecule has 3 aromatic heterocycles. The van der Waals surface area contributed by atoms with Crippen molar-refractivity contribution in [1.82, 2.24) is 14.8 Å². The van der Waals surface area contributed by atoms with Crippen molar-refractivity contribution in [2.24, 2.45) is 0 Å². The molecule has 0 fully saturated rings. The third kappa shape index (κ3) is 2.99. The molecule has 0 saturated carbocycles. The van der Waals surface area contributed by atoms with Crippen LogP contribution in [0.5, 0.6) is 0 Å². The van der Waals surface area contributed by atoms with E-state index in [9.17, 15) is 0 Å². The molecule has 0 unspecified atom stereocenters. The zero-order valence-electron chi connectivity index (χ0n) is 12.7. The highest BCUT2D eigenvalue weighted by molar-refractivity contribution is 6.30. The van der Waals surface area contributed by atoms with Crippen LogP contribution in [0.25, 0.3) is 0 Å². The Hall–Kier alpha value is -2.27. The van der Waals surface area contributed by atoms with Gasteiger partial charge in [0, 0.05) is 11.9 Å². The van der Waals surface area contributed by atoms with Crippen molar-refractivity contribution in [3.63, 3.8) is 0 Å². The highest BCUT2D eigenvalue weighted by atomic mass is 35.5. The molecule has 0 radical (unpaired) electrons. The van der Waals surface area contributed by atoms with E-state index in [0.29, 0.717) is 10.8 Å². The molecule has 0 aliphatic carbocycles. The number of rotatable bonds is 4. The fraction of sp³-hybridized carbons (Fsp3) is 0.250. The van der Waals surface area contributed by atoms with Gasteiger partial charge >= 0.3 is 0 Å². The maximum atomic E-state index is 5.89. The maximum absolute atomic E-state index is 5.89. The summed E-state index contributed by atoms with van der Waals surface area (Å²) < 4.78 is 7.68. The molecule has 0 spiro atoms. The second-order valence-electron chi connectivity index (χ2n) is 5.23. The summed E-state index contributed by atoms with van der Waals surface area (Å²) in [5, 5.41) is 8.49. The lowest BCUT2D eigenvalue weighted by molar-refractivity contribution is 0.412. The average Bonchev–Trinajstić information content (AvgIpc) is 3.04. The molecular formula is C16H17ClN4O. The van der Waals surface area contributed by atoms with Crippen LogP contribution in [-0.2, 0) is 0 Å². The van der Waals surface area contributed by atoms with E-state index >= 15 is 0 Å². The molecule has 3 aromatic rings. The van der Waals surface area contributed by atoms with Gasteiger partial charge in [0.1, 0.15) is 17.3 Å². The Balaban J connectivity index is 1.99. The van der Waals surface area contributed by atoms with Gasteiger partial charge in [-0.3, -0.25) is 0 Å². The smallest absolute Gasteiger partial charge is 0.180 e. The SMILES string of the molecule is Cc1cc(C)n([C@H](Nc2ccc(Cl)cn2)c2ccc(C)o2)n1. The summed E-state index contributed by atoms with van der Waals surface area (Å²) in [6, 6.07) is 9.53. The minimum absolute atomic E-state index is 0.268. The molecule has 3 heterocycles.